The van der Waals surface area contributed by atoms with Crippen LogP contribution in [-0.2, 0) is 9.84 Å². The lowest BCUT2D eigenvalue weighted by atomic mass is 10.1. The summed E-state index contributed by atoms with van der Waals surface area (Å²) in [6.45, 7) is 0. The van der Waals surface area contributed by atoms with Crippen LogP contribution in [0.5, 0.6) is 0 Å². The maximum Gasteiger partial charge on any atom is 0.156 e. The van der Waals surface area contributed by atoms with Gasteiger partial charge in [0.2, 0.25) is 0 Å². The molecule has 5 heteroatoms. The van der Waals surface area contributed by atoms with Crippen LogP contribution in [0.1, 0.15) is 0 Å². The molecule has 11 heavy (non-hydrogen) atoms. The maximum atomic E-state index is 10.8. The largest absolute Gasteiger partial charge is 0.290 e. The van der Waals surface area contributed by atoms with Gasteiger partial charge >= 0.3 is 0 Å². The van der Waals surface area contributed by atoms with E-state index in [1.807, 2.05) is 6.07 Å². The molecule has 1 fully saturated rings. The van der Waals surface area contributed by atoms with Crippen molar-refractivity contribution in [2.24, 2.45) is 0 Å². The molecule has 0 bridgehead atoms. The molecule has 0 amide bonds. The predicted molar refractivity (Wildman–Crippen MR) is 40.7 cm³/mol. The number of hydrogen-bond acceptors (Lipinski definition) is 4. The Morgan fingerprint density at radius 1 is 1.45 bits per heavy atom. The van der Waals surface area contributed by atoms with E-state index < -0.39 is 15.4 Å². The Bertz CT molecular complexity index is 287. The summed E-state index contributed by atoms with van der Waals surface area (Å²) in [6.07, 6.45) is 0. The first-order valence-corrected chi connectivity index (χ1v) is 5.03. The molecule has 0 aliphatic carbocycles. The summed E-state index contributed by atoms with van der Waals surface area (Å²) in [4.78, 5) is 1.66. The molecule has 0 aromatic heterocycles. The Hall–Kier alpha value is -0.600. The summed E-state index contributed by atoms with van der Waals surface area (Å²) >= 11 is 0. The van der Waals surface area contributed by atoms with Crippen molar-refractivity contribution in [3.8, 4) is 6.07 Å². The van der Waals surface area contributed by atoms with E-state index in [1.54, 1.807) is 19.0 Å². The molecular weight excluding hydrogens is 164 g/mol. The van der Waals surface area contributed by atoms with Crippen LogP contribution in [0.25, 0.3) is 0 Å². The van der Waals surface area contributed by atoms with Crippen molar-refractivity contribution in [3.63, 3.8) is 0 Å². The van der Waals surface area contributed by atoms with Crippen molar-refractivity contribution < 1.29 is 8.42 Å². The minimum absolute atomic E-state index is 0.0243. The minimum atomic E-state index is -2.91. The fraction of sp³-hybridized carbons (Fsp3) is 0.833. The molecule has 0 atom stereocenters. The van der Waals surface area contributed by atoms with Crippen LogP contribution in [0.2, 0.25) is 0 Å². The van der Waals surface area contributed by atoms with Crippen molar-refractivity contribution in [3.05, 3.63) is 0 Å². The lowest BCUT2D eigenvalue weighted by Gasteiger charge is -2.39. The third-order valence-electron chi connectivity index (χ3n) is 1.98. The zero-order valence-electron chi connectivity index (χ0n) is 6.53. The molecule has 0 N–H and O–H groups in total. The van der Waals surface area contributed by atoms with Gasteiger partial charge in [-0.2, -0.15) is 5.26 Å². The number of rotatable bonds is 1. The fourth-order valence-electron chi connectivity index (χ4n) is 1.11. The number of nitriles is 1. The number of nitrogens with zero attached hydrogens (tertiary/aromatic N) is 2. The molecule has 1 rings (SSSR count). The first-order valence-electron chi connectivity index (χ1n) is 3.21. The highest BCUT2D eigenvalue weighted by atomic mass is 32.2. The first kappa shape index (κ1) is 8.50. The van der Waals surface area contributed by atoms with Crippen LogP contribution in [0, 0.1) is 11.3 Å². The van der Waals surface area contributed by atoms with Gasteiger partial charge in [0.25, 0.3) is 0 Å². The molecule has 4 nitrogen and oxygen atoms in total. The first-order chi connectivity index (χ1) is 4.92. The molecule has 1 aliphatic rings. The topological polar surface area (TPSA) is 61.2 Å². The van der Waals surface area contributed by atoms with Gasteiger partial charge < -0.3 is 0 Å². The van der Waals surface area contributed by atoms with Gasteiger partial charge in [-0.1, -0.05) is 0 Å². The lowest BCUT2D eigenvalue weighted by molar-refractivity contribution is 0.246. The van der Waals surface area contributed by atoms with E-state index in [-0.39, 0.29) is 11.5 Å². The zero-order chi connectivity index (χ0) is 8.70. The van der Waals surface area contributed by atoms with Gasteiger partial charge in [0.05, 0.1) is 17.6 Å². The van der Waals surface area contributed by atoms with Crippen LogP contribution in [-0.4, -0.2) is 44.5 Å². The second-order valence-corrected chi connectivity index (χ2v) is 5.13. The van der Waals surface area contributed by atoms with E-state index in [0.717, 1.165) is 0 Å². The summed E-state index contributed by atoms with van der Waals surface area (Å²) in [5.41, 5.74) is -0.751. The lowest BCUT2D eigenvalue weighted by Crippen LogP contribution is -2.62. The molecule has 1 heterocycles. The van der Waals surface area contributed by atoms with Crippen molar-refractivity contribution >= 4 is 9.84 Å². The molecular formula is C6H10N2O2S. The van der Waals surface area contributed by atoms with Gasteiger partial charge in [-0.3, -0.25) is 4.90 Å². The quantitative estimate of drug-likeness (QED) is 0.524. The van der Waals surface area contributed by atoms with Crippen LogP contribution in [0.15, 0.2) is 0 Å². The summed E-state index contributed by atoms with van der Waals surface area (Å²) in [6, 6.07) is 2.02. The highest BCUT2D eigenvalue weighted by Gasteiger charge is 2.50. The van der Waals surface area contributed by atoms with Crippen molar-refractivity contribution in [1.29, 1.82) is 5.26 Å². The number of hydrogen-bond donors (Lipinski definition) is 0. The average molecular weight is 174 g/mol. The molecule has 0 aromatic carbocycles. The van der Waals surface area contributed by atoms with E-state index >= 15 is 0 Å². The van der Waals surface area contributed by atoms with E-state index in [2.05, 4.69) is 0 Å². The van der Waals surface area contributed by atoms with Gasteiger partial charge in [-0.05, 0) is 14.1 Å². The Labute approximate surface area is 66.3 Å². The second-order valence-electron chi connectivity index (χ2n) is 3.07. The molecule has 62 valence electrons. The van der Waals surface area contributed by atoms with Crippen LogP contribution in [0.4, 0.5) is 0 Å². The minimum Gasteiger partial charge on any atom is -0.290 e. The Morgan fingerprint density at radius 3 is 2.00 bits per heavy atom. The summed E-state index contributed by atoms with van der Waals surface area (Å²) < 4.78 is 21.6. The highest BCUT2D eigenvalue weighted by Crippen LogP contribution is 2.27. The van der Waals surface area contributed by atoms with Gasteiger partial charge in [0.1, 0.15) is 5.54 Å². The van der Waals surface area contributed by atoms with Crippen LogP contribution < -0.4 is 0 Å². The molecule has 0 spiro atoms. The van der Waals surface area contributed by atoms with Gasteiger partial charge in [-0.15, -0.1) is 0 Å². The standard InChI is InChI=1S/C6H10N2O2S/c1-8(2)6(3-7)4-11(9,10)5-6/h4-5H2,1-2H3. The van der Waals surface area contributed by atoms with Gasteiger partial charge in [0, 0.05) is 0 Å². The van der Waals surface area contributed by atoms with Gasteiger partial charge in [0.15, 0.2) is 9.84 Å². The normalized spacial score (nSPS) is 25.6. The van der Waals surface area contributed by atoms with Crippen molar-refractivity contribution in [1.82, 2.24) is 4.90 Å². The number of sulfone groups is 1. The monoisotopic (exact) mass is 174 g/mol. The average Bonchev–Trinajstić information content (AvgIpc) is 1.81. The SMILES string of the molecule is CN(C)C1(C#N)CS(=O)(=O)C1. The van der Waals surface area contributed by atoms with Crippen molar-refractivity contribution in [2.75, 3.05) is 25.6 Å². The third kappa shape index (κ3) is 1.24. The van der Waals surface area contributed by atoms with E-state index in [9.17, 15) is 8.42 Å². The fourth-order valence-corrected chi connectivity index (χ4v) is 3.12. The van der Waals surface area contributed by atoms with E-state index in [0.29, 0.717) is 0 Å². The molecule has 0 aromatic rings. The second kappa shape index (κ2) is 2.19. The molecule has 0 saturated carbocycles. The van der Waals surface area contributed by atoms with E-state index in [1.165, 1.54) is 0 Å². The summed E-state index contributed by atoms with van der Waals surface area (Å²) in [5.74, 6) is -0.0486. The molecule has 1 aliphatic heterocycles. The molecule has 0 radical (unpaired) electrons. The zero-order valence-corrected chi connectivity index (χ0v) is 7.35. The smallest absolute Gasteiger partial charge is 0.156 e. The van der Waals surface area contributed by atoms with E-state index in [4.69, 9.17) is 5.26 Å². The van der Waals surface area contributed by atoms with Crippen LogP contribution >= 0.6 is 0 Å². The summed E-state index contributed by atoms with van der Waals surface area (Å²) in [5, 5.41) is 8.68. The Kier molecular flexibility index (Phi) is 1.69. The summed E-state index contributed by atoms with van der Waals surface area (Å²) in [7, 11) is 0.530. The Balaban J connectivity index is 2.83. The Morgan fingerprint density at radius 2 is 1.91 bits per heavy atom. The van der Waals surface area contributed by atoms with Gasteiger partial charge in [-0.25, -0.2) is 8.42 Å². The maximum absolute atomic E-state index is 10.8. The van der Waals surface area contributed by atoms with Crippen molar-refractivity contribution in [2.45, 2.75) is 5.54 Å². The molecule has 1 saturated heterocycles. The molecule has 0 unspecified atom stereocenters. The predicted octanol–water partition coefficient (Wildman–Crippen LogP) is -0.761. The van der Waals surface area contributed by atoms with Crippen LogP contribution in [0.3, 0.4) is 0 Å². The highest BCUT2D eigenvalue weighted by molar-refractivity contribution is 7.93. The third-order valence-corrected chi connectivity index (χ3v) is 3.82.